The van der Waals surface area contributed by atoms with E-state index in [4.69, 9.17) is 10.9 Å². The van der Waals surface area contributed by atoms with Gasteiger partial charge >= 0.3 is 0 Å². The lowest BCUT2D eigenvalue weighted by Crippen LogP contribution is -2.58. The Morgan fingerprint density at radius 1 is 1.47 bits per heavy atom. The van der Waals surface area contributed by atoms with Gasteiger partial charge in [-0.1, -0.05) is 5.16 Å². The van der Waals surface area contributed by atoms with E-state index in [1.807, 2.05) is 6.07 Å². The molecule has 0 aromatic carbocycles. The average Bonchev–Trinajstić information content (AvgIpc) is 2.41. The molecule has 0 atom stereocenters. The van der Waals surface area contributed by atoms with Gasteiger partial charge in [0, 0.05) is 31.4 Å². The molecule has 0 spiro atoms. The van der Waals surface area contributed by atoms with Gasteiger partial charge < -0.3 is 15.8 Å². The van der Waals surface area contributed by atoms with E-state index >= 15 is 0 Å². The monoisotopic (exact) mass is 263 g/mol. The molecule has 6 nitrogen and oxygen atoms in total. The normalized spacial score (nSPS) is 20.6. The van der Waals surface area contributed by atoms with Crippen molar-refractivity contribution in [3.05, 3.63) is 23.9 Å². The number of piperazine rings is 1. The second kappa shape index (κ2) is 5.05. The quantitative estimate of drug-likeness (QED) is 0.355. The van der Waals surface area contributed by atoms with E-state index in [-0.39, 0.29) is 11.4 Å². The summed E-state index contributed by atoms with van der Waals surface area (Å²) < 4.78 is 0. The highest BCUT2D eigenvalue weighted by Gasteiger charge is 2.32. The Bertz CT molecular complexity index is 486. The van der Waals surface area contributed by atoms with Gasteiger partial charge in [0.1, 0.15) is 5.82 Å². The fourth-order valence-electron chi connectivity index (χ4n) is 2.32. The lowest BCUT2D eigenvalue weighted by Gasteiger charge is -2.46. The summed E-state index contributed by atoms with van der Waals surface area (Å²) in [4.78, 5) is 8.91. The van der Waals surface area contributed by atoms with Crippen LogP contribution < -0.4 is 10.6 Å². The maximum Gasteiger partial charge on any atom is 0.173 e. The van der Waals surface area contributed by atoms with Crippen LogP contribution in [0.4, 0.5) is 5.82 Å². The largest absolute Gasteiger partial charge is 0.409 e. The SMILES string of the molecule is CN1CCN(c2ncccc2C(N)=NO)CC1(C)C. The van der Waals surface area contributed by atoms with Crippen LogP contribution in [0.3, 0.4) is 0 Å². The van der Waals surface area contributed by atoms with Crippen LogP contribution in [0.5, 0.6) is 0 Å². The van der Waals surface area contributed by atoms with E-state index in [0.717, 1.165) is 25.5 Å². The van der Waals surface area contributed by atoms with Crippen molar-refractivity contribution < 1.29 is 5.21 Å². The zero-order valence-electron chi connectivity index (χ0n) is 11.7. The smallest absolute Gasteiger partial charge is 0.173 e. The molecule has 3 N–H and O–H groups in total. The van der Waals surface area contributed by atoms with E-state index in [2.05, 4.69) is 40.8 Å². The van der Waals surface area contributed by atoms with Crippen LogP contribution in [0.2, 0.25) is 0 Å². The molecule has 1 aliphatic heterocycles. The number of anilines is 1. The van der Waals surface area contributed by atoms with Crippen molar-refractivity contribution in [2.45, 2.75) is 19.4 Å². The van der Waals surface area contributed by atoms with E-state index in [1.54, 1.807) is 12.3 Å². The number of oxime groups is 1. The number of nitrogens with two attached hydrogens (primary N) is 1. The summed E-state index contributed by atoms with van der Waals surface area (Å²) in [6, 6.07) is 3.61. The van der Waals surface area contributed by atoms with Crippen molar-refractivity contribution in [2.75, 3.05) is 31.6 Å². The number of likely N-dealkylation sites (N-methyl/N-ethyl adjacent to an activating group) is 1. The minimum atomic E-state index is 0.0676. The lowest BCUT2D eigenvalue weighted by atomic mass is 9.99. The van der Waals surface area contributed by atoms with Gasteiger partial charge in [-0.25, -0.2) is 4.98 Å². The molecule has 0 unspecified atom stereocenters. The number of nitrogens with zero attached hydrogens (tertiary/aromatic N) is 4. The minimum absolute atomic E-state index is 0.0676. The molecule has 0 aliphatic carbocycles. The molecule has 0 saturated carbocycles. The molecule has 2 heterocycles. The number of hydrogen-bond donors (Lipinski definition) is 2. The second-order valence-corrected chi connectivity index (χ2v) is 5.52. The van der Waals surface area contributed by atoms with Gasteiger partial charge in [-0.15, -0.1) is 0 Å². The second-order valence-electron chi connectivity index (χ2n) is 5.52. The van der Waals surface area contributed by atoms with Gasteiger partial charge in [-0.2, -0.15) is 0 Å². The first-order chi connectivity index (χ1) is 8.95. The summed E-state index contributed by atoms with van der Waals surface area (Å²) in [5.41, 5.74) is 6.46. The van der Waals surface area contributed by atoms with Crippen molar-refractivity contribution >= 4 is 11.7 Å². The third kappa shape index (κ3) is 2.63. The Morgan fingerprint density at radius 2 is 2.21 bits per heavy atom. The van der Waals surface area contributed by atoms with Gasteiger partial charge in [-0.3, -0.25) is 4.90 Å². The van der Waals surface area contributed by atoms with Gasteiger partial charge in [0.15, 0.2) is 5.84 Å². The van der Waals surface area contributed by atoms with Crippen LogP contribution >= 0.6 is 0 Å². The maximum atomic E-state index is 8.86. The Hall–Kier alpha value is -1.82. The molecule has 0 bridgehead atoms. The zero-order valence-corrected chi connectivity index (χ0v) is 11.7. The third-order valence-electron chi connectivity index (χ3n) is 3.79. The van der Waals surface area contributed by atoms with Crippen molar-refractivity contribution in [1.82, 2.24) is 9.88 Å². The maximum absolute atomic E-state index is 8.86. The fraction of sp³-hybridized carbons (Fsp3) is 0.538. The molecular weight excluding hydrogens is 242 g/mol. The molecule has 104 valence electrons. The highest BCUT2D eigenvalue weighted by Crippen LogP contribution is 2.25. The molecule has 1 saturated heterocycles. The van der Waals surface area contributed by atoms with Crippen molar-refractivity contribution in [3.63, 3.8) is 0 Å². The minimum Gasteiger partial charge on any atom is -0.409 e. The van der Waals surface area contributed by atoms with Gasteiger partial charge in [-0.05, 0) is 33.0 Å². The Kier molecular flexibility index (Phi) is 3.61. The highest BCUT2D eigenvalue weighted by atomic mass is 16.4. The molecular formula is C13H21N5O. The summed E-state index contributed by atoms with van der Waals surface area (Å²) >= 11 is 0. The van der Waals surface area contributed by atoms with E-state index in [9.17, 15) is 0 Å². The zero-order chi connectivity index (χ0) is 14.0. The third-order valence-corrected chi connectivity index (χ3v) is 3.79. The Morgan fingerprint density at radius 3 is 2.84 bits per heavy atom. The van der Waals surface area contributed by atoms with Crippen LogP contribution in [0.25, 0.3) is 0 Å². The number of amidine groups is 1. The van der Waals surface area contributed by atoms with Crippen molar-refractivity contribution in [3.8, 4) is 0 Å². The van der Waals surface area contributed by atoms with Crippen molar-refractivity contribution in [1.29, 1.82) is 0 Å². The summed E-state index contributed by atoms with van der Waals surface area (Å²) in [6.45, 7) is 7.09. The van der Waals surface area contributed by atoms with E-state index < -0.39 is 0 Å². The molecule has 1 aromatic heterocycles. The summed E-state index contributed by atoms with van der Waals surface area (Å²) in [5.74, 6) is 0.874. The molecule has 1 fully saturated rings. The van der Waals surface area contributed by atoms with Crippen LogP contribution in [-0.4, -0.2) is 53.1 Å². The Labute approximate surface area is 113 Å². The molecule has 1 aliphatic rings. The van der Waals surface area contributed by atoms with E-state index in [0.29, 0.717) is 5.56 Å². The molecule has 0 radical (unpaired) electrons. The van der Waals surface area contributed by atoms with Gasteiger partial charge in [0.25, 0.3) is 0 Å². The fourth-order valence-corrected chi connectivity index (χ4v) is 2.32. The van der Waals surface area contributed by atoms with Crippen molar-refractivity contribution in [2.24, 2.45) is 10.9 Å². The number of pyridine rings is 1. The first-order valence-electron chi connectivity index (χ1n) is 6.35. The molecule has 2 rings (SSSR count). The summed E-state index contributed by atoms with van der Waals surface area (Å²) in [6.07, 6.45) is 1.73. The van der Waals surface area contributed by atoms with Gasteiger partial charge in [0.05, 0.1) is 5.56 Å². The number of hydrogen-bond acceptors (Lipinski definition) is 5. The summed E-state index contributed by atoms with van der Waals surface area (Å²) in [7, 11) is 2.13. The molecule has 19 heavy (non-hydrogen) atoms. The first-order valence-corrected chi connectivity index (χ1v) is 6.35. The predicted octanol–water partition coefficient (Wildman–Crippen LogP) is 0.707. The predicted molar refractivity (Wildman–Crippen MR) is 75.7 cm³/mol. The highest BCUT2D eigenvalue weighted by molar-refractivity contribution is 6.01. The molecule has 0 amide bonds. The molecule has 1 aromatic rings. The van der Waals surface area contributed by atoms with Gasteiger partial charge in [0.2, 0.25) is 0 Å². The van der Waals surface area contributed by atoms with Crippen LogP contribution in [-0.2, 0) is 0 Å². The average molecular weight is 263 g/mol. The van der Waals surface area contributed by atoms with Crippen LogP contribution in [0, 0.1) is 0 Å². The number of rotatable bonds is 2. The van der Waals surface area contributed by atoms with E-state index in [1.165, 1.54) is 0 Å². The lowest BCUT2D eigenvalue weighted by molar-refractivity contribution is 0.138. The first kappa shape index (κ1) is 13.6. The summed E-state index contributed by atoms with van der Waals surface area (Å²) in [5, 5.41) is 11.9. The topological polar surface area (TPSA) is 78.0 Å². The Balaban J connectivity index is 2.33. The standard InChI is InChI=1S/C13H21N5O/c1-13(2)9-18(8-7-17(13)3)12-10(11(14)16-19)5-4-6-15-12/h4-6,19H,7-9H2,1-3H3,(H2,14,16). The molecule has 6 heteroatoms. The van der Waals surface area contributed by atoms with Crippen LogP contribution in [0.15, 0.2) is 23.5 Å². The van der Waals surface area contributed by atoms with Crippen LogP contribution in [0.1, 0.15) is 19.4 Å². The number of aromatic nitrogens is 1.